The van der Waals surface area contributed by atoms with Gasteiger partial charge in [-0.05, 0) is 65.0 Å². The maximum absolute atomic E-state index is 11.9. The van der Waals surface area contributed by atoms with Crippen molar-refractivity contribution in [2.45, 2.75) is 33.1 Å². The van der Waals surface area contributed by atoms with E-state index in [1.807, 2.05) is 49.4 Å². The second-order valence-electron chi connectivity index (χ2n) is 5.57. The van der Waals surface area contributed by atoms with Gasteiger partial charge in [0.2, 0.25) is 0 Å². The zero-order chi connectivity index (χ0) is 16.8. The molecule has 0 aliphatic rings. The standard InChI is InChI=1S/C19H21BrO3/c1-4-14(3)15-7-10-18(17(20)11-15)23-19(21)12-22-16-8-5-13(2)6-9-16/h5-11,14H,4,12H2,1-3H3. The van der Waals surface area contributed by atoms with Crippen molar-refractivity contribution < 1.29 is 14.3 Å². The third-order valence-electron chi connectivity index (χ3n) is 3.74. The van der Waals surface area contributed by atoms with E-state index in [2.05, 4.69) is 29.8 Å². The van der Waals surface area contributed by atoms with Gasteiger partial charge in [-0.15, -0.1) is 0 Å². The van der Waals surface area contributed by atoms with Crippen molar-refractivity contribution in [2.24, 2.45) is 0 Å². The normalized spacial score (nSPS) is 11.8. The van der Waals surface area contributed by atoms with E-state index in [1.165, 1.54) is 5.56 Å². The van der Waals surface area contributed by atoms with Gasteiger partial charge in [0.1, 0.15) is 11.5 Å². The van der Waals surface area contributed by atoms with Crippen LogP contribution in [-0.2, 0) is 4.79 Å². The molecule has 23 heavy (non-hydrogen) atoms. The van der Waals surface area contributed by atoms with Gasteiger partial charge in [-0.25, -0.2) is 4.79 Å². The Labute approximate surface area is 145 Å². The molecule has 0 aromatic heterocycles. The molecule has 3 nitrogen and oxygen atoms in total. The maximum atomic E-state index is 11.9. The topological polar surface area (TPSA) is 35.5 Å². The SMILES string of the molecule is CCC(C)c1ccc(OC(=O)COc2ccc(C)cc2)c(Br)c1. The summed E-state index contributed by atoms with van der Waals surface area (Å²) in [5.74, 6) is 1.21. The number of hydrogen-bond donors (Lipinski definition) is 0. The number of aryl methyl sites for hydroxylation is 1. The van der Waals surface area contributed by atoms with E-state index in [-0.39, 0.29) is 6.61 Å². The smallest absolute Gasteiger partial charge is 0.349 e. The van der Waals surface area contributed by atoms with Crippen LogP contribution in [0.2, 0.25) is 0 Å². The van der Waals surface area contributed by atoms with E-state index >= 15 is 0 Å². The molecule has 0 aliphatic carbocycles. The van der Waals surface area contributed by atoms with Crippen LogP contribution in [0.4, 0.5) is 0 Å². The molecule has 0 heterocycles. The lowest BCUT2D eigenvalue weighted by Crippen LogP contribution is -2.18. The van der Waals surface area contributed by atoms with Crippen LogP contribution in [0.5, 0.6) is 11.5 Å². The molecule has 0 aliphatic heterocycles. The Morgan fingerprint density at radius 1 is 1.17 bits per heavy atom. The Kier molecular flexibility index (Phi) is 6.22. The van der Waals surface area contributed by atoms with Gasteiger partial charge in [-0.1, -0.05) is 37.6 Å². The van der Waals surface area contributed by atoms with Crippen molar-refractivity contribution in [1.29, 1.82) is 0 Å². The van der Waals surface area contributed by atoms with Crippen molar-refractivity contribution in [1.82, 2.24) is 0 Å². The van der Waals surface area contributed by atoms with E-state index in [0.717, 1.165) is 16.5 Å². The molecule has 2 aromatic carbocycles. The lowest BCUT2D eigenvalue weighted by molar-refractivity contribution is -0.136. The first kappa shape index (κ1) is 17.5. The van der Waals surface area contributed by atoms with E-state index in [9.17, 15) is 4.79 Å². The minimum absolute atomic E-state index is 0.122. The van der Waals surface area contributed by atoms with Crippen molar-refractivity contribution in [3.05, 3.63) is 58.1 Å². The summed E-state index contributed by atoms with van der Waals surface area (Å²) in [6, 6.07) is 13.3. The molecule has 0 saturated carbocycles. The number of halogens is 1. The van der Waals surface area contributed by atoms with Gasteiger partial charge in [-0.3, -0.25) is 0 Å². The van der Waals surface area contributed by atoms with Gasteiger partial charge < -0.3 is 9.47 Å². The number of carbonyl (C=O) groups is 1. The molecule has 2 rings (SSSR count). The van der Waals surface area contributed by atoms with Crippen molar-refractivity contribution in [3.63, 3.8) is 0 Å². The summed E-state index contributed by atoms with van der Waals surface area (Å²) in [4.78, 5) is 11.9. The third kappa shape index (κ3) is 5.10. The fourth-order valence-corrected chi connectivity index (χ4v) is 2.55. The van der Waals surface area contributed by atoms with Crippen LogP contribution in [0.3, 0.4) is 0 Å². The predicted molar refractivity (Wildman–Crippen MR) is 95.2 cm³/mol. The molecule has 0 fully saturated rings. The highest BCUT2D eigenvalue weighted by Crippen LogP contribution is 2.30. The molecule has 1 atom stereocenters. The first-order valence-electron chi connectivity index (χ1n) is 7.69. The number of hydrogen-bond acceptors (Lipinski definition) is 3. The molecule has 0 saturated heterocycles. The van der Waals surface area contributed by atoms with Crippen molar-refractivity contribution in [3.8, 4) is 11.5 Å². The van der Waals surface area contributed by atoms with Gasteiger partial charge in [0.05, 0.1) is 4.47 Å². The highest BCUT2D eigenvalue weighted by molar-refractivity contribution is 9.10. The number of rotatable bonds is 6. The summed E-state index contributed by atoms with van der Waals surface area (Å²) in [6.45, 7) is 6.19. The predicted octanol–water partition coefficient (Wildman–Crippen LogP) is 5.26. The van der Waals surface area contributed by atoms with Gasteiger partial charge in [0, 0.05) is 0 Å². The minimum Gasteiger partial charge on any atom is -0.482 e. The zero-order valence-electron chi connectivity index (χ0n) is 13.6. The van der Waals surface area contributed by atoms with Crippen LogP contribution in [0.1, 0.15) is 37.3 Å². The zero-order valence-corrected chi connectivity index (χ0v) is 15.2. The second kappa shape index (κ2) is 8.16. The van der Waals surface area contributed by atoms with Gasteiger partial charge in [0.15, 0.2) is 6.61 Å². The van der Waals surface area contributed by atoms with E-state index in [4.69, 9.17) is 9.47 Å². The van der Waals surface area contributed by atoms with E-state index < -0.39 is 5.97 Å². The number of ether oxygens (including phenoxy) is 2. The van der Waals surface area contributed by atoms with Crippen molar-refractivity contribution in [2.75, 3.05) is 6.61 Å². The average Bonchev–Trinajstić information content (AvgIpc) is 2.55. The van der Waals surface area contributed by atoms with Gasteiger partial charge in [-0.2, -0.15) is 0 Å². The number of carbonyl (C=O) groups excluding carboxylic acids is 1. The number of benzene rings is 2. The molecule has 122 valence electrons. The van der Waals surface area contributed by atoms with Crippen LogP contribution in [0, 0.1) is 6.92 Å². The lowest BCUT2D eigenvalue weighted by atomic mass is 9.99. The third-order valence-corrected chi connectivity index (χ3v) is 4.36. The fraction of sp³-hybridized carbons (Fsp3) is 0.316. The molecule has 2 aromatic rings. The summed E-state index contributed by atoms with van der Waals surface area (Å²) in [6.07, 6.45) is 1.07. The van der Waals surface area contributed by atoms with Gasteiger partial charge >= 0.3 is 5.97 Å². The van der Waals surface area contributed by atoms with Crippen LogP contribution < -0.4 is 9.47 Å². The molecule has 0 spiro atoms. The molecule has 0 radical (unpaired) electrons. The summed E-state index contributed by atoms with van der Waals surface area (Å²) >= 11 is 3.46. The van der Waals surface area contributed by atoms with E-state index in [1.54, 1.807) is 0 Å². The number of esters is 1. The maximum Gasteiger partial charge on any atom is 0.349 e. The Hall–Kier alpha value is -1.81. The largest absolute Gasteiger partial charge is 0.482 e. The lowest BCUT2D eigenvalue weighted by Gasteiger charge is -2.12. The van der Waals surface area contributed by atoms with Crippen LogP contribution >= 0.6 is 15.9 Å². The molecular formula is C19H21BrO3. The quantitative estimate of drug-likeness (QED) is 0.509. The second-order valence-corrected chi connectivity index (χ2v) is 6.43. The summed E-state index contributed by atoms with van der Waals surface area (Å²) < 4.78 is 11.5. The summed E-state index contributed by atoms with van der Waals surface area (Å²) in [5, 5.41) is 0. The Bertz CT molecular complexity index is 665. The highest BCUT2D eigenvalue weighted by atomic mass is 79.9. The minimum atomic E-state index is -0.428. The van der Waals surface area contributed by atoms with E-state index in [0.29, 0.717) is 17.4 Å². The first-order chi connectivity index (χ1) is 11.0. The van der Waals surface area contributed by atoms with Crippen LogP contribution in [0.25, 0.3) is 0 Å². The van der Waals surface area contributed by atoms with Crippen LogP contribution in [-0.4, -0.2) is 12.6 Å². The highest BCUT2D eigenvalue weighted by Gasteiger charge is 2.11. The average molecular weight is 377 g/mol. The Balaban J connectivity index is 1.93. The van der Waals surface area contributed by atoms with Gasteiger partial charge in [0.25, 0.3) is 0 Å². The molecule has 4 heteroatoms. The fourth-order valence-electron chi connectivity index (χ4n) is 2.07. The Morgan fingerprint density at radius 2 is 1.87 bits per heavy atom. The van der Waals surface area contributed by atoms with Crippen molar-refractivity contribution >= 4 is 21.9 Å². The Morgan fingerprint density at radius 3 is 2.48 bits per heavy atom. The molecule has 1 unspecified atom stereocenters. The molecule has 0 N–H and O–H groups in total. The molecule has 0 amide bonds. The first-order valence-corrected chi connectivity index (χ1v) is 8.48. The monoisotopic (exact) mass is 376 g/mol. The molecular weight excluding hydrogens is 356 g/mol. The molecule has 0 bridgehead atoms. The summed E-state index contributed by atoms with van der Waals surface area (Å²) in [7, 11) is 0. The van der Waals surface area contributed by atoms with Crippen LogP contribution in [0.15, 0.2) is 46.9 Å². The summed E-state index contributed by atoms with van der Waals surface area (Å²) in [5.41, 5.74) is 2.36.